The highest BCUT2D eigenvalue weighted by atomic mass is 16.6. The summed E-state index contributed by atoms with van der Waals surface area (Å²) in [5.41, 5.74) is 1.95. The van der Waals surface area contributed by atoms with Gasteiger partial charge in [0.15, 0.2) is 0 Å². The summed E-state index contributed by atoms with van der Waals surface area (Å²) in [5.74, 6) is 0. The molecule has 0 aromatic heterocycles. The van der Waals surface area contributed by atoms with E-state index in [0.717, 1.165) is 24.3 Å². The van der Waals surface area contributed by atoms with Crippen LogP contribution in [-0.2, 0) is 0 Å². The second kappa shape index (κ2) is 7.06. The van der Waals surface area contributed by atoms with E-state index in [1.54, 1.807) is 23.4 Å². The lowest BCUT2D eigenvalue weighted by Gasteiger charge is -2.24. The van der Waals surface area contributed by atoms with E-state index in [-0.39, 0.29) is 10.6 Å². The first-order valence-electron chi connectivity index (χ1n) is 7.32. The third kappa shape index (κ3) is 4.18. The highest BCUT2D eigenvalue weighted by Crippen LogP contribution is 2.26. The fraction of sp³-hybridized carbons (Fsp3) is 0.533. The summed E-state index contributed by atoms with van der Waals surface area (Å²) in [6.07, 6.45) is 6.55. The Kier molecular flexibility index (Phi) is 5.14. The van der Waals surface area contributed by atoms with Gasteiger partial charge in [-0.1, -0.05) is 12.8 Å². The third-order valence-corrected chi connectivity index (χ3v) is 3.60. The van der Waals surface area contributed by atoms with E-state index in [4.69, 9.17) is 0 Å². The zero-order valence-corrected chi connectivity index (χ0v) is 12.7. The van der Waals surface area contributed by atoms with Gasteiger partial charge in [0.1, 0.15) is 0 Å². The van der Waals surface area contributed by atoms with E-state index in [2.05, 4.69) is 10.0 Å². The average molecular weight is 290 g/mol. The molecule has 1 aromatic rings. The van der Waals surface area contributed by atoms with Crippen LogP contribution in [-0.4, -0.2) is 43.3 Å². The number of anilines is 1. The molecule has 21 heavy (non-hydrogen) atoms. The van der Waals surface area contributed by atoms with Crippen molar-refractivity contribution in [2.45, 2.75) is 25.7 Å². The molecule has 1 aliphatic rings. The molecule has 0 amide bonds. The Morgan fingerprint density at radius 3 is 2.48 bits per heavy atom. The minimum Gasteiger partial charge on any atom is -0.371 e. The van der Waals surface area contributed by atoms with Crippen molar-refractivity contribution in [2.24, 2.45) is 5.10 Å². The summed E-state index contributed by atoms with van der Waals surface area (Å²) < 4.78 is 0. The summed E-state index contributed by atoms with van der Waals surface area (Å²) in [7, 11) is 3.67. The molecule has 6 nitrogen and oxygen atoms in total. The molecule has 114 valence electrons. The topological polar surface area (TPSA) is 62.0 Å². The molecule has 1 aliphatic heterocycles. The van der Waals surface area contributed by atoms with Gasteiger partial charge in [-0.05, 0) is 18.9 Å². The van der Waals surface area contributed by atoms with Gasteiger partial charge in [-0.15, -0.1) is 0 Å². The molecule has 0 unspecified atom stereocenters. The Balaban J connectivity index is 2.35. The van der Waals surface area contributed by atoms with Crippen molar-refractivity contribution in [3.63, 3.8) is 0 Å². The SMILES string of the molecule is CN(C)/N=C/c1cc([N+](=O)[O-])ccc1N1CCCCCC1. The van der Waals surface area contributed by atoms with Crippen molar-refractivity contribution in [1.29, 1.82) is 0 Å². The summed E-state index contributed by atoms with van der Waals surface area (Å²) >= 11 is 0. The van der Waals surface area contributed by atoms with Crippen LogP contribution in [0.15, 0.2) is 23.3 Å². The van der Waals surface area contributed by atoms with Gasteiger partial charge in [-0.25, -0.2) is 0 Å². The Bertz CT molecular complexity index is 520. The lowest BCUT2D eigenvalue weighted by atomic mass is 10.1. The van der Waals surface area contributed by atoms with E-state index < -0.39 is 0 Å². The fourth-order valence-electron chi connectivity index (χ4n) is 2.54. The first-order chi connectivity index (χ1) is 10.1. The van der Waals surface area contributed by atoms with E-state index in [0.29, 0.717) is 0 Å². The molecule has 0 bridgehead atoms. The van der Waals surface area contributed by atoms with Crippen molar-refractivity contribution in [3.8, 4) is 0 Å². The molecule has 0 saturated carbocycles. The van der Waals surface area contributed by atoms with Crippen LogP contribution in [0.1, 0.15) is 31.2 Å². The van der Waals surface area contributed by atoms with E-state index in [9.17, 15) is 10.1 Å². The standard InChI is InChI=1S/C15H22N4O2/c1-17(2)16-12-13-11-14(19(20)21)7-8-15(13)18-9-5-3-4-6-10-18/h7-8,11-12H,3-6,9-10H2,1-2H3/b16-12+. The van der Waals surface area contributed by atoms with Crippen LogP contribution in [0.3, 0.4) is 0 Å². The van der Waals surface area contributed by atoms with Crippen molar-refractivity contribution < 1.29 is 4.92 Å². The van der Waals surface area contributed by atoms with Crippen LogP contribution < -0.4 is 4.90 Å². The molecular formula is C15H22N4O2. The van der Waals surface area contributed by atoms with Gasteiger partial charge >= 0.3 is 0 Å². The predicted molar refractivity (Wildman–Crippen MR) is 85.1 cm³/mol. The van der Waals surface area contributed by atoms with Gasteiger partial charge < -0.3 is 9.91 Å². The zero-order valence-electron chi connectivity index (χ0n) is 12.7. The molecule has 1 aromatic carbocycles. The third-order valence-electron chi connectivity index (χ3n) is 3.60. The van der Waals surface area contributed by atoms with Crippen LogP contribution in [0.5, 0.6) is 0 Å². The average Bonchev–Trinajstić information content (AvgIpc) is 2.73. The number of nitro benzene ring substituents is 1. The number of hydrogen-bond donors (Lipinski definition) is 0. The van der Waals surface area contributed by atoms with Gasteiger partial charge in [-0.3, -0.25) is 10.1 Å². The highest BCUT2D eigenvalue weighted by Gasteiger charge is 2.16. The quantitative estimate of drug-likeness (QED) is 0.486. The maximum atomic E-state index is 11.0. The molecular weight excluding hydrogens is 268 g/mol. The number of nitro groups is 1. The van der Waals surface area contributed by atoms with Gasteiger partial charge in [0.25, 0.3) is 5.69 Å². The Morgan fingerprint density at radius 1 is 1.24 bits per heavy atom. The van der Waals surface area contributed by atoms with Crippen molar-refractivity contribution >= 4 is 17.6 Å². The van der Waals surface area contributed by atoms with Crippen molar-refractivity contribution in [3.05, 3.63) is 33.9 Å². The summed E-state index contributed by atoms with van der Waals surface area (Å²) in [4.78, 5) is 12.9. The maximum Gasteiger partial charge on any atom is 0.270 e. The number of benzene rings is 1. The second-order valence-electron chi connectivity index (χ2n) is 5.49. The smallest absolute Gasteiger partial charge is 0.270 e. The lowest BCUT2D eigenvalue weighted by molar-refractivity contribution is -0.384. The number of hydrogen-bond acceptors (Lipinski definition) is 5. The van der Waals surface area contributed by atoms with Gasteiger partial charge in [0, 0.05) is 50.6 Å². The van der Waals surface area contributed by atoms with E-state index >= 15 is 0 Å². The first-order valence-corrected chi connectivity index (χ1v) is 7.32. The lowest BCUT2D eigenvalue weighted by Crippen LogP contribution is -2.25. The maximum absolute atomic E-state index is 11.0. The minimum absolute atomic E-state index is 0.105. The zero-order chi connectivity index (χ0) is 15.2. The number of nitrogens with zero attached hydrogens (tertiary/aromatic N) is 4. The van der Waals surface area contributed by atoms with E-state index in [1.165, 1.54) is 25.7 Å². The molecule has 1 saturated heterocycles. The molecule has 0 atom stereocenters. The van der Waals surface area contributed by atoms with Crippen LogP contribution in [0.2, 0.25) is 0 Å². The Labute approximate surface area is 125 Å². The largest absolute Gasteiger partial charge is 0.371 e. The van der Waals surface area contributed by atoms with Crippen molar-refractivity contribution in [1.82, 2.24) is 5.01 Å². The highest BCUT2D eigenvalue weighted by molar-refractivity contribution is 5.89. The molecule has 0 spiro atoms. The molecule has 6 heteroatoms. The Hall–Kier alpha value is -2.11. The number of non-ortho nitro benzene ring substituents is 1. The molecule has 1 heterocycles. The van der Waals surface area contributed by atoms with Crippen LogP contribution in [0.4, 0.5) is 11.4 Å². The molecule has 0 N–H and O–H groups in total. The van der Waals surface area contributed by atoms with Crippen molar-refractivity contribution in [2.75, 3.05) is 32.1 Å². The fourth-order valence-corrected chi connectivity index (χ4v) is 2.54. The number of hydrazone groups is 1. The summed E-state index contributed by atoms with van der Waals surface area (Å²) in [6.45, 7) is 2.00. The summed E-state index contributed by atoms with van der Waals surface area (Å²) in [5, 5.41) is 16.9. The molecule has 0 aliphatic carbocycles. The molecule has 2 rings (SSSR count). The second-order valence-corrected chi connectivity index (χ2v) is 5.49. The first kappa shape index (κ1) is 15.3. The van der Waals surface area contributed by atoms with Crippen LogP contribution in [0.25, 0.3) is 0 Å². The van der Waals surface area contributed by atoms with Crippen LogP contribution >= 0.6 is 0 Å². The predicted octanol–water partition coefficient (Wildman–Crippen LogP) is 2.87. The van der Waals surface area contributed by atoms with Gasteiger partial charge in [0.05, 0.1) is 11.1 Å². The number of rotatable bonds is 4. The molecule has 1 fully saturated rings. The van der Waals surface area contributed by atoms with Crippen LogP contribution in [0, 0.1) is 10.1 Å². The Morgan fingerprint density at radius 2 is 1.90 bits per heavy atom. The monoisotopic (exact) mass is 290 g/mol. The normalized spacial score (nSPS) is 16.0. The van der Waals surface area contributed by atoms with Gasteiger partial charge in [-0.2, -0.15) is 5.10 Å². The van der Waals surface area contributed by atoms with E-state index in [1.807, 2.05) is 20.2 Å². The minimum atomic E-state index is -0.362. The summed E-state index contributed by atoms with van der Waals surface area (Å²) in [6, 6.07) is 5.03. The van der Waals surface area contributed by atoms with Gasteiger partial charge in [0.2, 0.25) is 0 Å². The molecule has 0 radical (unpaired) electrons.